The van der Waals surface area contributed by atoms with Gasteiger partial charge in [-0.2, -0.15) is 0 Å². The van der Waals surface area contributed by atoms with E-state index in [1.54, 1.807) is 0 Å². The van der Waals surface area contributed by atoms with Gasteiger partial charge in [0.2, 0.25) is 9.05 Å². The van der Waals surface area contributed by atoms with Gasteiger partial charge in [0.1, 0.15) is 0 Å². The summed E-state index contributed by atoms with van der Waals surface area (Å²) in [7, 11) is 1.39. The van der Waals surface area contributed by atoms with E-state index in [4.69, 9.17) is 27.4 Å². The third-order valence-corrected chi connectivity index (χ3v) is 3.13. The molecule has 15 heavy (non-hydrogen) atoms. The summed E-state index contributed by atoms with van der Waals surface area (Å²) in [5.74, 6) is -1.82. The molecule has 0 amide bonds. The lowest BCUT2D eigenvalue weighted by atomic mass is 10.1. The molecule has 84 valence electrons. The van der Waals surface area contributed by atoms with Gasteiger partial charge in [-0.15, -0.1) is 0 Å². The van der Waals surface area contributed by atoms with E-state index in [1.807, 2.05) is 0 Å². The first-order valence-electron chi connectivity index (χ1n) is 3.89. The van der Waals surface area contributed by atoms with E-state index < -0.39 is 20.6 Å². The molecule has 0 atom stereocenters. The van der Waals surface area contributed by atoms with Crippen molar-refractivity contribution in [3.05, 3.63) is 28.5 Å². The molecular weight excluding hydrogens is 266 g/mol. The molecule has 0 spiro atoms. The van der Waals surface area contributed by atoms with E-state index in [-0.39, 0.29) is 17.2 Å². The van der Waals surface area contributed by atoms with Gasteiger partial charge in [0.15, 0.2) is 11.6 Å². The van der Waals surface area contributed by atoms with Crippen molar-refractivity contribution in [1.29, 1.82) is 0 Å². The Morgan fingerprint density at radius 1 is 1.40 bits per heavy atom. The van der Waals surface area contributed by atoms with E-state index in [0.29, 0.717) is 5.56 Å². The fraction of sp³-hybridized carbons (Fsp3) is 0.250. The topological polar surface area (TPSA) is 54.4 Å². The molecule has 0 fully saturated rings. The largest absolute Gasteiger partial charge is 0.505 e. The lowest BCUT2D eigenvalue weighted by Gasteiger charge is -2.03. The number of aryl methyl sites for hydroxylation is 1. The molecule has 0 aliphatic rings. The highest BCUT2D eigenvalue weighted by Crippen LogP contribution is 2.26. The van der Waals surface area contributed by atoms with E-state index in [2.05, 4.69) is 0 Å². The van der Waals surface area contributed by atoms with Crippen LogP contribution in [0.15, 0.2) is 12.1 Å². The van der Waals surface area contributed by atoms with Gasteiger partial charge in [0, 0.05) is 10.7 Å². The first kappa shape index (κ1) is 12.5. The minimum Gasteiger partial charge on any atom is -0.505 e. The van der Waals surface area contributed by atoms with Gasteiger partial charge >= 0.3 is 0 Å². The molecule has 0 bridgehead atoms. The molecule has 0 radical (unpaired) electrons. The summed E-state index contributed by atoms with van der Waals surface area (Å²) >= 11 is 5.45. The summed E-state index contributed by atoms with van der Waals surface area (Å²) in [6.45, 7) is 0. The van der Waals surface area contributed by atoms with Crippen LogP contribution < -0.4 is 0 Å². The molecule has 1 rings (SSSR count). The van der Waals surface area contributed by atoms with Gasteiger partial charge in [-0.1, -0.05) is 11.6 Å². The van der Waals surface area contributed by atoms with Gasteiger partial charge in [-0.05, 0) is 24.1 Å². The quantitative estimate of drug-likeness (QED) is 0.860. The summed E-state index contributed by atoms with van der Waals surface area (Å²) in [5, 5.41) is 8.82. The standard InChI is InChI=1S/C8H7Cl2FO3S/c9-6-3-5(1-2-15(10,13)14)4-7(12)8(6)11/h3-4,12H,1-2H2. The molecule has 0 saturated heterocycles. The van der Waals surface area contributed by atoms with Crippen LogP contribution in [0.25, 0.3) is 0 Å². The van der Waals surface area contributed by atoms with Gasteiger partial charge in [0.05, 0.1) is 10.8 Å². The SMILES string of the molecule is O=S(=O)(Cl)CCc1cc(O)c(F)c(Cl)c1. The number of rotatable bonds is 3. The zero-order chi connectivity index (χ0) is 11.6. The Morgan fingerprint density at radius 3 is 2.47 bits per heavy atom. The Kier molecular flexibility index (Phi) is 3.81. The van der Waals surface area contributed by atoms with Crippen molar-refractivity contribution in [2.24, 2.45) is 0 Å². The van der Waals surface area contributed by atoms with Crippen LogP contribution in [-0.2, 0) is 15.5 Å². The molecule has 0 aliphatic heterocycles. The predicted octanol–water partition coefficient (Wildman–Crippen LogP) is 2.30. The van der Waals surface area contributed by atoms with Gasteiger partial charge in [-0.25, -0.2) is 12.8 Å². The summed E-state index contributed by atoms with van der Waals surface area (Å²) in [5.41, 5.74) is 0.406. The normalized spacial score (nSPS) is 11.7. The molecule has 0 saturated carbocycles. The van der Waals surface area contributed by atoms with Crippen LogP contribution in [0.5, 0.6) is 5.75 Å². The highest BCUT2D eigenvalue weighted by molar-refractivity contribution is 8.13. The zero-order valence-electron chi connectivity index (χ0n) is 7.37. The third kappa shape index (κ3) is 3.85. The van der Waals surface area contributed by atoms with Gasteiger partial charge in [0.25, 0.3) is 0 Å². The van der Waals surface area contributed by atoms with Crippen LogP contribution in [0.4, 0.5) is 4.39 Å². The second-order valence-electron chi connectivity index (χ2n) is 2.90. The fourth-order valence-corrected chi connectivity index (χ4v) is 1.96. The van der Waals surface area contributed by atoms with E-state index >= 15 is 0 Å². The number of hydrogen-bond donors (Lipinski definition) is 1. The first-order valence-corrected chi connectivity index (χ1v) is 6.74. The van der Waals surface area contributed by atoms with Gasteiger partial charge in [-0.3, -0.25) is 0 Å². The first-order chi connectivity index (χ1) is 6.79. The molecule has 3 nitrogen and oxygen atoms in total. The minimum atomic E-state index is -3.60. The maximum absolute atomic E-state index is 12.9. The second kappa shape index (κ2) is 4.55. The summed E-state index contributed by atoms with van der Waals surface area (Å²) in [6, 6.07) is 2.36. The fourth-order valence-electron chi connectivity index (χ4n) is 1.01. The van der Waals surface area contributed by atoms with Crippen LogP contribution in [-0.4, -0.2) is 19.3 Å². The number of halogens is 3. The van der Waals surface area contributed by atoms with E-state index in [1.165, 1.54) is 6.07 Å². The molecule has 1 N–H and O–H groups in total. The van der Waals surface area contributed by atoms with Crippen LogP contribution >= 0.6 is 22.3 Å². The Bertz CT molecular complexity index is 450. The Labute approximate surface area is 95.9 Å². The highest BCUT2D eigenvalue weighted by atomic mass is 35.7. The Balaban J connectivity index is 2.89. The maximum Gasteiger partial charge on any atom is 0.232 e. The van der Waals surface area contributed by atoms with Crippen molar-refractivity contribution >= 4 is 31.3 Å². The van der Waals surface area contributed by atoms with Gasteiger partial charge < -0.3 is 5.11 Å². The van der Waals surface area contributed by atoms with Crippen molar-refractivity contribution in [1.82, 2.24) is 0 Å². The maximum atomic E-state index is 12.9. The average molecular weight is 273 g/mol. The molecule has 7 heteroatoms. The highest BCUT2D eigenvalue weighted by Gasteiger charge is 2.11. The van der Waals surface area contributed by atoms with Crippen LogP contribution in [0.2, 0.25) is 5.02 Å². The number of hydrogen-bond acceptors (Lipinski definition) is 3. The number of phenols is 1. The van der Waals surface area contributed by atoms with Crippen molar-refractivity contribution in [3.63, 3.8) is 0 Å². The third-order valence-electron chi connectivity index (χ3n) is 1.70. The number of phenolic OH excluding ortho intramolecular Hbond substituents is 1. The summed E-state index contributed by atoms with van der Waals surface area (Å²) in [4.78, 5) is 0. The number of benzene rings is 1. The van der Waals surface area contributed by atoms with Crippen molar-refractivity contribution < 1.29 is 17.9 Å². The molecule has 1 aromatic rings. The minimum absolute atomic E-state index is 0.0688. The van der Waals surface area contributed by atoms with Crippen LogP contribution in [0, 0.1) is 5.82 Å². The molecule has 0 aromatic heterocycles. The molecule has 1 aromatic carbocycles. The zero-order valence-corrected chi connectivity index (χ0v) is 9.70. The monoisotopic (exact) mass is 272 g/mol. The Hall–Kier alpha value is -0.520. The Morgan fingerprint density at radius 2 is 2.00 bits per heavy atom. The molecule has 0 heterocycles. The number of aromatic hydroxyl groups is 1. The molecule has 0 aliphatic carbocycles. The predicted molar refractivity (Wildman–Crippen MR) is 56.4 cm³/mol. The van der Waals surface area contributed by atoms with E-state index in [0.717, 1.165) is 6.07 Å². The smallest absolute Gasteiger partial charge is 0.232 e. The van der Waals surface area contributed by atoms with Crippen molar-refractivity contribution in [2.45, 2.75) is 6.42 Å². The summed E-state index contributed by atoms with van der Waals surface area (Å²) < 4.78 is 34.1. The molecular formula is C8H7Cl2FO3S. The van der Waals surface area contributed by atoms with Crippen LogP contribution in [0.1, 0.15) is 5.56 Å². The molecule has 0 unspecified atom stereocenters. The second-order valence-corrected chi connectivity index (χ2v) is 6.21. The summed E-state index contributed by atoms with van der Waals surface area (Å²) in [6.07, 6.45) is 0.0688. The van der Waals surface area contributed by atoms with Crippen molar-refractivity contribution in [2.75, 3.05) is 5.75 Å². The van der Waals surface area contributed by atoms with Crippen molar-refractivity contribution in [3.8, 4) is 5.75 Å². The lowest BCUT2D eigenvalue weighted by molar-refractivity contribution is 0.432. The average Bonchev–Trinajstić information content (AvgIpc) is 2.09. The van der Waals surface area contributed by atoms with Crippen LogP contribution in [0.3, 0.4) is 0 Å². The lowest BCUT2D eigenvalue weighted by Crippen LogP contribution is -2.01. The van der Waals surface area contributed by atoms with E-state index in [9.17, 15) is 12.8 Å².